The molecule has 3 N–H and O–H groups in total. The Morgan fingerprint density at radius 1 is 0.310 bits per heavy atom. The lowest BCUT2D eigenvalue weighted by atomic mass is 10.0. The largest absolute Gasteiger partial charge is 0.472 e. The molecular formula is C68H132O17P2. The smallest absolute Gasteiger partial charge is 0.462 e. The minimum atomic E-state index is -4.95. The molecule has 0 aromatic heterocycles. The molecular weight excluding hydrogens is 1150 g/mol. The molecule has 516 valence electrons. The van der Waals surface area contributed by atoms with Crippen molar-refractivity contribution in [2.24, 2.45) is 11.8 Å². The van der Waals surface area contributed by atoms with E-state index in [1.807, 2.05) is 0 Å². The van der Waals surface area contributed by atoms with Crippen LogP contribution in [0.2, 0.25) is 0 Å². The van der Waals surface area contributed by atoms with Crippen LogP contribution in [-0.4, -0.2) is 96.7 Å². The van der Waals surface area contributed by atoms with E-state index in [1.165, 1.54) is 154 Å². The Morgan fingerprint density at radius 3 is 0.782 bits per heavy atom. The average molecular weight is 1280 g/mol. The molecule has 0 heterocycles. The molecule has 0 aliphatic heterocycles. The number of carbonyl (C=O) groups is 4. The van der Waals surface area contributed by atoms with Crippen LogP contribution in [0.5, 0.6) is 0 Å². The van der Waals surface area contributed by atoms with Crippen LogP contribution in [0.15, 0.2) is 0 Å². The van der Waals surface area contributed by atoms with Gasteiger partial charge in [0.15, 0.2) is 12.2 Å². The molecule has 0 aromatic carbocycles. The zero-order valence-corrected chi connectivity index (χ0v) is 58.1. The van der Waals surface area contributed by atoms with Gasteiger partial charge in [0, 0.05) is 25.7 Å². The highest BCUT2D eigenvalue weighted by atomic mass is 31.2. The molecule has 0 rings (SSSR count). The van der Waals surface area contributed by atoms with Crippen molar-refractivity contribution in [2.75, 3.05) is 39.6 Å². The van der Waals surface area contributed by atoms with E-state index in [1.54, 1.807) is 0 Å². The molecule has 17 nitrogen and oxygen atoms in total. The third-order valence-corrected chi connectivity index (χ3v) is 17.6. The zero-order valence-electron chi connectivity index (χ0n) is 56.3. The lowest BCUT2D eigenvalue weighted by molar-refractivity contribution is -0.161. The van der Waals surface area contributed by atoms with Gasteiger partial charge >= 0.3 is 39.5 Å². The molecule has 0 bridgehead atoms. The SMILES string of the molecule is CCCCCCCCCCCC(=O)O[C@H](COC(=O)CCCCCCC)COP(=O)(O)OC[C@H](O)COP(=O)(O)OC[C@@H](COC(=O)CCCCCCCCCCCCCCCC(C)C)OC(=O)CCCCCCCCCCCCCCCCC(C)C. The minimum absolute atomic E-state index is 0.105. The molecule has 0 saturated heterocycles. The lowest BCUT2D eigenvalue weighted by Crippen LogP contribution is -2.30. The first kappa shape index (κ1) is 85.1. The Labute approximate surface area is 530 Å². The van der Waals surface area contributed by atoms with E-state index in [-0.39, 0.29) is 25.7 Å². The third-order valence-electron chi connectivity index (χ3n) is 15.7. The number of unbranched alkanes of at least 4 members (excludes halogenated alkanes) is 37. The Hall–Kier alpha value is -1.94. The molecule has 0 aliphatic carbocycles. The molecule has 2 unspecified atom stereocenters. The summed E-state index contributed by atoms with van der Waals surface area (Å²) < 4.78 is 67.9. The standard InChI is InChI=1S/C68H132O17P2/c1-7-9-11-13-14-26-34-40-46-52-67(72)84-63(56-78-65(70)50-44-36-12-10-8-2)58-82-86(74,75)80-54-62(69)55-81-87(76,77)83-59-64(57-79-66(71)51-45-39-33-29-24-21-17-19-23-28-32-38-43-49-61(5)6)85-68(73)53-47-41-35-30-25-20-16-15-18-22-27-31-37-42-48-60(3)4/h60-64,69H,7-59H2,1-6H3,(H,74,75)(H,76,77)/t62-,63+,64+/m0/s1. The number of phosphoric acid groups is 2. The second-order valence-corrected chi connectivity index (χ2v) is 28.4. The minimum Gasteiger partial charge on any atom is -0.462 e. The third kappa shape index (κ3) is 62.6. The molecule has 19 heteroatoms. The van der Waals surface area contributed by atoms with E-state index in [9.17, 15) is 43.2 Å². The van der Waals surface area contributed by atoms with Gasteiger partial charge in [-0.1, -0.05) is 292 Å². The van der Waals surface area contributed by atoms with Crippen LogP contribution in [0.4, 0.5) is 0 Å². The number of hydrogen-bond donors (Lipinski definition) is 3. The average Bonchev–Trinajstić information content (AvgIpc) is 3.68. The summed E-state index contributed by atoms with van der Waals surface area (Å²) in [5, 5.41) is 10.5. The molecule has 0 spiro atoms. The summed E-state index contributed by atoms with van der Waals surface area (Å²) in [6.07, 6.45) is 44.8. The van der Waals surface area contributed by atoms with Crippen molar-refractivity contribution in [2.45, 2.75) is 362 Å². The van der Waals surface area contributed by atoms with Crippen LogP contribution in [-0.2, 0) is 65.4 Å². The Kier molecular flexibility index (Phi) is 59.0. The zero-order chi connectivity index (χ0) is 64.3. The Morgan fingerprint density at radius 2 is 0.529 bits per heavy atom. The molecule has 0 saturated carbocycles. The van der Waals surface area contributed by atoms with Crippen LogP contribution in [0.1, 0.15) is 343 Å². The van der Waals surface area contributed by atoms with E-state index in [4.69, 9.17) is 37.0 Å². The van der Waals surface area contributed by atoms with Crippen molar-refractivity contribution in [3.63, 3.8) is 0 Å². The highest BCUT2D eigenvalue weighted by molar-refractivity contribution is 7.47. The summed E-state index contributed by atoms with van der Waals surface area (Å²) in [4.78, 5) is 72.1. The number of rotatable bonds is 67. The van der Waals surface area contributed by atoms with Crippen LogP contribution >= 0.6 is 15.6 Å². The van der Waals surface area contributed by atoms with Gasteiger partial charge in [-0.25, -0.2) is 9.13 Å². The Balaban J connectivity index is 5.15. The van der Waals surface area contributed by atoms with Crippen LogP contribution < -0.4 is 0 Å². The van der Waals surface area contributed by atoms with Crippen LogP contribution in [0, 0.1) is 11.8 Å². The van der Waals surface area contributed by atoms with Crippen LogP contribution in [0.3, 0.4) is 0 Å². The van der Waals surface area contributed by atoms with E-state index in [0.29, 0.717) is 25.7 Å². The van der Waals surface area contributed by atoms with Gasteiger partial charge in [0.05, 0.1) is 26.4 Å². The molecule has 87 heavy (non-hydrogen) atoms. The van der Waals surface area contributed by atoms with Gasteiger partial charge in [-0.2, -0.15) is 0 Å². The summed E-state index contributed by atoms with van der Waals surface area (Å²) in [7, 11) is -9.88. The topological polar surface area (TPSA) is 237 Å². The highest BCUT2D eigenvalue weighted by Crippen LogP contribution is 2.45. The van der Waals surface area contributed by atoms with Gasteiger partial charge < -0.3 is 33.8 Å². The van der Waals surface area contributed by atoms with Crippen molar-refractivity contribution >= 4 is 39.5 Å². The summed E-state index contributed by atoms with van der Waals surface area (Å²) >= 11 is 0. The maximum absolute atomic E-state index is 13.0. The number of ether oxygens (including phenoxy) is 4. The first-order valence-corrected chi connectivity index (χ1v) is 38.5. The lowest BCUT2D eigenvalue weighted by Gasteiger charge is -2.21. The van der Waals surface area contributed by atoms with Gasteiger partial charge in [-0.05, 0) is 37.5 Å². The van der Waals surface area contributed by atoms with Crippen molar-refractivity contribution in [1.82, 2.24) is 0 Å². The second kappa shape index (κ2) is 60.3. The molecule has 0 amide bonds. The van der Waals surface area contributed by atoms with E-state index >= 15 is 0 Å². The number of esters is 4. The quantitative estimate of drug-likeness (QED) is 0.0222. The van der Waals surface area contributed by atoms with Crippen molar-refractivity contribution < 1.29 is 80.2 Å². The monoisotopic (exact) mass is 1280 g/mol. The molecule has 0 aliphatic rings. The second-order valence-electron chi connectivity index (χ2n) is 25.5. The highest BCUT2D eigenvalue weighted by Gasteiger charge is 2.30. The fraction of sp³-hybridized carbons (Fsp3) is 0.941. The van der Waals surface area contributed by atoms with E-state index in [0.717, 1.165) is 108 Å². The van der Waals surface area contributed by atoms with E-state index < -0.39 is 97.5 Å². The van der Waals surface area contributed by atoms with Crippen molar-refractivity contribution in [3.05, 3.63) is 0 Å². The van der Waals surface area contributed by atoms with Gasteiger partial charge in [0.25, 0.3) is 0 Å². The van der Waals surface area contributed by atoms with Gasteiger partial charge in [0.2, 0.25) is 0 Å². The molecule has 5 atom stereocenters. The Bertz CT molecular complexity index is 1700. The summed E-state index contributed by atoms with van der Waals surface area (Å²) in [6, 6.07) is 0. The maximum Gasteiger partial charge on any atom is 0.472 e. The summed E-state index contributed by atoms with van der Waals surface area (Å²) in [5.74, 6) is -0.553. The van der Waals surface area contributed by atoms with Crippen molar-refractivity contribution in [1.29, 1.82) is 0 Å². The number of phosphoric ester groups is 2. The number of aliphatic hydroxyl groups excluding tert-OH is 1. The molecule has 0 aromatic rings. The van der Waals surface area contributed by atoms with Crippen molar-refractivity contribution in [3.8, 4) is 0 Å². The molecule has 0 fully saturated rings. The molecule has 0 radical (unpaired) electrons. The van der Waals surface area contributed by atoms with Crippen LogP contribution in [0.25, 0.3) is 0 Å². The first-order valence-electron chi connectivity index (χ1n) is 35.5. The number of hydrogen-bond acceptors (Lipinski definition) is 15. The number of aliphatic hydroxyl groups is 1. The number of carbonyl (C=O) groups excluding carboxylic acids is 4. The predicted molar refractivity (Wildman–Crippen MR) is 349 cm³/mol. The first-order chi connectivity index (χ1) is 41.9. The summed E-state index contributed by atoms with van der Waals surface area (Å²) in [5.41, 5.74) is 0. The van der Waals surface area contributed by atoms with E-state index in [2.05, 4.69) is 41.5 Å². The predicted octanol–water partition coefficient (Wildman–Crippen LogP) is 19.2. The van der Waals surface area contributed by atoms with Gasteiger partial charge in [-0.15, -0.1) is 0 Å². The maximum atomic E-state index is 13.0. The van der Waals surface area contributed by atoms with Gasteiger partial charge in [-0.3, -0.25) is 37.3 Å². The van der Waals surface area contributed by atoms with Gasteiger partial charge in [0.1, 0.15) is 19.3 Å². The normalized spacial score (nSPS) is 14.2. The summed E-state index contributed by atoms with van der Waals surface area (Å²) in [6.45, 7) is 9.47. The fourth-order valence-electron chi connectivity index (χ4n) is 10.2. The fourth-order valence-corrected chi connectivity index (χ4v) is 11.8.